The number of nitrogens with one attached hydrogen (secondary N) is 1. The summed E-state index contributed by atoms with van der Waals surface area (Å²) < 4.78 is 0. The van der Waals surface area contributed by atoms with E-state index in [4.69, 9.17) is 0 Å². The van der Waals surface area contributed by atoms with Gasteiger partial charge >= 0.3 is 0 Å². The van der Waals surface area contributed by atoms with E-state index >= 15 is 0 Å². The van der Waals surface area contributed by atoms with E-state index in [1.165, 1.54) is 0 Å². The predicted octanol–water partition coefficient (Wildman–Crippen LogP) is 0.804. The molecular weight excluding hydrogens is 106 g/mol. The van der Waals surface area contributed by atoms with E-state index < -0.39 is 0 Å². The summed E-state index contributed by atoms with van der Waals surface area (Å²) in [5, 5.41) is 2.91. The Hall–Kier alpha value is -0.330. The highest BCUT2D eigenvalue weighted by atomic mass is 32.1. The van der Waals surface area contributed by atoms with Crippen LogP contribution in [0.1, 0.15) is 0 Å². The van der Waals surface area contributed by atoms with Crippen LogP contribution in [0.15, 0.2) is 18.5 Å². The molecule has 0 saturated carbocycles. The van der Waals surface area contributed by atoms with E-state index in [0.717, 1.165) is 12.3 Å². The summed E-state index contributed by atoms with van der Waals surface area (Å²) in [4.78, 5) is 0. The molecule has 40 valence electrons. The molecule has 0 unspecified atom stereocenters. The van der Waals surface area contributed by atoms with Crippen molar-refractivity contribution < 1.29 is 0 Å². The van der Waals surface area contributed by atoms with E-state index in [-0.39, 0.29) is 0 Å². The summed E-state index contributed by atoms with van der Waals surface area (Å²) in [7, 11) is 0. The summed E-state index contributed by atoms with van der Waals surface area (Å²) in [6.07, 6.45) is 1.68. The summed E-state index contributed by atoms with van der Waals surface area (Å²) >= 11 is 3.96. The van der Waals surface area contributed by atoms with Crippen molar-refractivity contribution in [1.82, 2.24) is 5.32 Å². The van der Waals surface area contributed by atoms with Gasteiger partial charge in [0.25, 0.3) is 0 Å². The zero-order valence-electron chi connectivity index (χ0n) is 4.15. The van der Waals surface area contributed by atoms with E-state index in [9.17, 15) is 0 Å². The molecule has 0 radical (unpaired) electrons. The van der Waals surface area contributed by atoms with Crippen molar-refractivity contribution in [3.63, 3.8) is 0 Å². The predicted molar refractivity (Wildman–Crippen MR) is 35.6 cm³/mol. The Labute approximate surface area is 49.5 Å². The van der Waals surface area contributed by atoms with Gasteiger partial charge in [-0.25, -0.2) is 0 Å². The first-order chi connectivity index (χ1) is 3.41. The van der Waals surface area contributed by atoms with Crippen LogP contribution in [-0.4, -0.2) is 12.3 Å². The first-order valence-corrected chi connectivity index (χ1v) is 2.73. The molecule has 0 atom stereocenters. The molecule has 0 aliphatic heterocycles. The Kier molecular flexibility index (Phi) is 5.40. The van der Waals surface area contributed by atoms with E-state index in [1.54, 1.807) is 6.20 Å². The van der Waals surface area contributed by atoms with E-state index in [2.05, 4.69) is 30.3 Å². The maximum Gasteiger partial charge on any atom is 0.0391 e. The largest absolute Gasteiger partial charge is 0.384 e. The average molecular weight is 115 g/mol. The lowest BCUT2D eigenvalue weighted by atomic mass is 10.7. The summed E-state index contributed by atoms with van der Waals surface area (Å²) in [6, 6.07) is 0. The lowest BCUT2D eigenvalue weighted by Gasteiger charge is -1.88. The fourth-order valence-corrected chi connectivity index (χ4v) is 0.338. The van der Waals surface area contributed by atoms with Gasteiger partial charge in [0, 0.05) is 18.5 Å². The smallest absolute Gasteiger partial charge is 0.0391 e. The van der Waals surface area contributed by atoms with Crippen molar-refractivity contribution in [2.75, 3.05) is 12.3 Å². The monoisotopic (exact) mass is 115 g/mol. The van der Waals surface area contributed by atoms with Gasteiger partial charge in [0.1, 0.15) is 0 Å². The van der Waals surface area contributed by atoms with Crippen molar-refractivity contribution in [3.8, 4) is 0 Å². The molecule has 0 fully saturated rings. The molecule has 0 aromatic carbocycles. The molecule has 0 aromatic rings. The standard InChI is InChI=1S/C5H9NS/c1-2-3-6-4-5-7/h3,6-7H,1,4-5H2. The topological polar surface area (TPSA) is 12.0 Å². The molecule has 0 rings (SSSR count). The number of hydrogen-bond donors (Lipinski definition) is 2. The first-order valence-electron chi connectivity index (χ1n) is 2.10. The first kappa shape index (κ1) is 6.67. The number of thiol groups is 1. The van der Waals surface area contributed by atoms with Gasteiger partial charge in [-0.3, -0.25) is 0 Å². The highest BCUT2D eigenvalue weighted by molar-refractivity contribution is 7.80. The highest BCUT2D eigenvalue weighted by Gasteiger charge is 1.68. The fraction of sp³-hybridized carbons (Fsp3) is 0.400. The second kappa shape index (κ2) is 5.67. The SMILES string of the molecule is C=C=CNCCS. The third kappa shape index (κ3) is 5.67. The molecule has 0 aliphatic rings. The summed E-state index contributed by atoms with van der Waals surface area (Å²) in [5.74, 6) is 0.845. The normalized spacial score (nSPS) is 7.00. The third-order valence-electron chi connectivity index (χ3n) is 0.460. The van der Waals surface area contributed by atoms with Crippen LogP contribution >= 0.6 is 12.6 Å². The molecular formula is C5H9NS. The molecule has 1 nitrogen and oxygen atoms in total. The molecule has 0 bridgehead atoms. The highest BCUT2D eigenvalue weighted by Crippen LogP contribution is 1.66. The summed E-state index contributed by atoms with van der Waals surface area (Å²) in [5.41, 5.74) is 2.58. The maximum absolute atomic E-state index is 3.96. The lowest BCUT2D eigenvalue weighted by molar-refractivity contribution is 0.933. The second-order valence-corrected chi connectivity index (χ2v) is 1.47. The Balaban J connectivity index is 2.83. The Morgan fingerprint density at radius 1 is 1.86 bits per heavy atom. The van der Waals surface area contributed by atoms with Gasteiger partial charge in [0.15, 0.2) is 0 Å². The van der Waals surface area contributed by atoms with E-state index in [0.29, 0.717) is 0 Å². The molecule has 1 N–H and O–H groups in total. The number of rotatable bonds is 3. The van der Waals surface area contributed by atoms with Gasteiger partial charge < -0.3 is 5.32 Å². The van der Waals surface area contributed by atoms with Crippen LogP contribution < -0.4 is 5.32 Å². The van der Waals surface area contributed by atoms with Gasteiger partial charge in [-0.15, -0.1) is 5.73 Å². The molecule has 0 saturated heterocycles. The minimum atomic E-state index is 0.845. The van der Waals surface area contributed by atoms with E-state index in [1.807, 2.05) is 0 Å². The van der Waals surface area contributed by atoms with Crippen LogP contribution in [0.25, 0.3) is 0 Å². The third-order valence-corrected chi connectivity index (χ3v) is 0.684. The molecule has 7 heavy (non-hydrogen) atoms. The zero-order valence-corrected chi connectivity index (χ0v) is 5.04. The lowest BCUT2D eigenvalue weighted by Crippen LogP contribution is -2.06. The van der Waals surface area contributed by atoms with Gasteiger partial charge in [-0.05, 0) is 0 Å². The van der Waals surface area contributed by atoms with Gasteiger partial charge in [-0.2, -0.15) is 12.6 Å². The van der Waals surface area contributed by atoms with Crippen LogP contribution in [0.3, 0.4) is 0 Å². The molecule has 0 aliphatic carbocycles. The van der Waals surface area contributed by atoms with Crippen molar-refractivity contribution in [1.29, 1.82) is 0 Å². The zero-order chi connectivity index (χ0) is 5.54. The molecule has 0 aromatic heterocycles. The van der Waals surface area contributed by atoms with Crippen LogP contribution in [0.4, 0.5) is 0 Å². The van der Waals surface area contributed by atoms with Crippen molar-refractivity contribution in [2.24, 2.45) is 0 Å². The molecule has 0 spiro atoms. The van der Waals surface area contributed by atoms with Crippen LogP contribution in [-0.2, 0) is 0 Å². The maximum atomic E-state index is 3.96. The Bertz CT molecular complexity index is 74.1. The minimum absolute atomic E-state index is 0.845. The molecule has 0 heterocycles. The van der Waals surface area contributed by atoms with Gasteiger partial charge in [0.05, 0.1) is 0 Å². The second-order valence-electron chi connectivity index (χ2n) is 1.03. The van der Waals surface area contributed by atoms with Gasteiger partial charge in [-0.1, -0.05) is 6.58 Å². The summed E-state index contributed by atoms with van der Waals surface area (Å²) in [6.45, 7) is 4.25. The van der Waals surface area contributed by atoms with Crippen molar-refractivity contribution in [3.05, 3.63) is 18.5 Å². The van der Waals surface area contributed by atoms with Crippen LogP contribution in [0.2, 0.25) is 0 Å². The van der Waals surface area contributed by atoms with Crippen LogP contribution in [0, 0.1) is 0 Å². The van der Waals surface area contributed by atoms with Crippen molar-refractivity contribution >= 4 is 12.6 Å². The quantitative estimate of drug-likeness (QED) is 0.315. The average Bonchev–Trinajstić information content (AvgIpc) is 1.69. The molecule has 0 amide bonds. The Morgan fingerprint density at radius 2 is 2.57 bits per heavy atom. The van der Waals surface area contributed by atoms with Crippen molar-refractivity contribution in [2.45, 2.75) is 0 Å². The van der Waals surface area contributed by atoms with Crippen LogP contribution in [0.5, 0.6) is 0 Å². The Morgan fingerprint density at radius 3 is 3.00 bits per heavy atom. The minimum Gasteiger partial charge on any atom is -0.384 e. The fourth-order valence-electron chi connectivity index (χ4n) is 0.209. The number of hydrogen-bond acceptors (Lipinski definition) is 2. The van der Waals surface area contributed by atoms with Gasteiger partial charge in [0.2, 0.25) is 0 Å². The molecule has 2 heteroatoms.